The Kier molecular flexibility index (Phi) is 17.1. The molecule has 16 nitrogen and oxygen atoms in total. The summed E-state index contributed by atoms with van der Waals surface area (Å²) in [6, 6.07) is 19.7. The van der Waals surface area contributed by atoms with Crippen molar-refractivity contribution in [3.05, 3.63) is 83.4 Å². The summed E-state index contributed by atoms with van der Waals surface area (Å²) in [7, 11) is 0. The lowest BCUT2D eigenvalue weighted by molar-refractivity contribution is -0.192. The minimum atomic E-state index is -5.08. The predicted octanol–water partition coefficient (Wildman–Crippen LogP) is 5.29. The van der Waals surface area contributed by atoms with Gasteiger partial charge in [0.2, 0.25) is 17.6 Å². The molecule has 19 heteroatoms. The van der Waals surface area contributed by atoms with Crippen molar-refractivity contribution in [2.45, 2.75) is 65.1 Å². The summed E-state index contributed by atoms with van der Waals surface area (Å²) >= 11 is 0. The van der Waals surface area contributed by atoms with E-state index in [2.05, 4.69) is 60.6 Å². The average molecular weight is 838 g/mol. The minimum Gasteiger partial charge on any atom is -0.475 e. The molecule has 1 aliphatic rings. The van der Waals surface area contributed by atoms with Crippen LogP contribution in [0.4, 0.5) is 23.7 Å². The van der Waals surface area contributed by atoms with Gasteiger partial charge in [0.15, 0.2) is 0 Å². The lowest BCUT2D eigenvalue weighted by Gasteiger charge is -2.29. The smallest absolute Gasteiger partial charge is 0.475 e. The maximum Gasteiger partial charge on any atom is 0.490 e. The van der Waals surface area contributed by atoms with Gasteiger partial charge in [0.25, 0.3) is 5.91 Å². The Bertz CT molecular complexity index is 2040. The van der Waals surface area contributed by atoms with Crippen LogP contribution < -0.4 is 21.3 Å². The normalized spacial score (nSPS) is 15.5. The molecule has 0 aliphatic heterocycles. The summed E-state index contributed by atoms with van der Waals surface area (Å²) in [6.45, 7) is 9.81. The number of H-pyrrole nitrogens is 1. The first-order valence-corrected chi connectivity index (χ1v) is 19.5. The van der Waals surface area contributed by atoms with Crippen molar-refractivity contribution in [1.82, 2.24) is 41.5 Å². The largest absolute Gasteiger partial charge is 0.490 e. The monoisotopic (exact) mass is 837 g/mol. The SMILES string of the molecule is CCN(CC)CCNC(=O)c1ccc(C)c(-c2ccc(C[C@H](NC(=O)C3CCC(CNC(=O)O)CC3)C(=O)Nc3ccc(-c4nn[nH]n4)cc3)cc2)c1.O=C(O)C(F)(F)F. The second-order valence-corrected chi connectivity index (χ2v) is 14.3. The lowest BCUT2D eigenvalue weighted by atomic mass is 9.81. The number of hydrogen-bond donors (Lipinski definition) is 7. The molecule has 5 rings (SSSR count). The van der Waals surface area contributed by atoms with Gasteiger partial charge >= 0.3 is 18.2 Å². The maximum atomic E-state index is 13.8. The number of rotatable bonds is 16. The number of carbonyl (C=O) groups excluding carboxylic acids is 3. The van der Waals surface area contributed by atoms with Crippen LogP contribution in [0.2, 0.25) is 0 Å². The van der Waals surface area contributed by atoms with Crippen LogP contribution >= 0.6 is 0 Å². The topological polar surface area (TPSA) is 232 Å². The molecule has 322 valence electrons. The molecule has 0 unspecified atom stereocenters. The van der Waals surface area contributed by atoms with Gasteiger partial charge in [0, 0.05) is 48.8 Å². The zero-order valence-electron chi connectivity index (χ0n) is 33.5. The van der Waals surface area contributed by atoms with Crippen LogP contribution in [0.3, 0.4) is 0 Å². The molecular formula is C41H50F3N9O7. The van der Waals surface area contributed by atoms with Crippen molar-refractivity contribution in [2.24, 2.45) is 11.8 Å². The van der Waals surface area contributed by atoms with Crippen LogP contribution in [0.15, 0.2) is 66.7 Å². The quantitative estimate of drug-likeness (QED) is 0.0767. The van der Waals surface area contributed by atoms with E-state index < -0.39 is 24.3 Å². The van der Waals surface area contributed by atoms with Crippen molar-refractivity contribution in [3.63, 3.8) is 0 Å². The second kappa shape index (κ2) is 22.1. The van der Waals surface area contributed by atoms with E-state index in [1.807, 2.05) is 49.4 Å². The molecule has 3 aromatic carbocycles. The number of nitrogens with one attached hydrogen (secondary N) is 5. The average Bonchev–Trinajstić information content (AvgIpc) is 3.77. The minimum absolute atomic E-state index is 0.116. The number of nitrogens with zero attached hydrogens (tertiary/aromatic N) is 4. The molecule has 1 atom stereocenters. The molecular weight excluding hydrogens is 788 g/mol. The zero-order chi connectivity index (χ0) is 43.8. The molecule has 1 aromatic heterocycles. The lowest BCUT2D eigenvalue weighted by Crippen LogP contribution is -2.48. The highest BCUT2D eigenvalue weighted by Gasteiger charge is 2.38. The molecule has 0 saturated heterocycles. The standard InChI is InChI=1S/C39H49N9O5.C2HF3O2/c1-4-48(5-2)21-20-40-36(49)31-11-6-25(3)33(23-31)28-12-7-26(8-13-28)22-34(43-37(50)30-14-9-27(10-15-30)24-41-39(52)53)38(51)42-32-18-16-29(17-19-32)35-44-46-47-45-35;3-2(4,5)1(6)7/h6-8,11-13,16-19,23,27,30,34,41H,4-5,9-10,14-15,20-22,24H2,1-3H3,(H,40,49)(H,42,51)(H,43,50)(H,52,53)(H,44,45,46,47);(H,6,7)/t27?,30?,34-;/m0./s1. The van der Waals surface area contributed by atoms with Crippen LogP contribution in [0.25, 0.3) is 22.5 Å². The van der Waals surface area contributed by atoms with E-state index in [0.29, 0.717) is 43.0 Å². The van der Waals surface area contributed by atoms with Gasteiger partial charge in [0.1, 0.15) is 6.04 Å². The summed E-state index contributed by atoms with van der Waals surface area (Å²) in [5, 5.41) is 41.5. The van der Waals surface area contributed by atoms with Crippen LogP contribution in [0.1, 0.15) is 61.0 Å². The van der Waals surface area contributed by atoms with Crippen LogP contribution in [-0.2, 0) is 20.8 Å². The number of aromatic amines is 1. The molecule has 1 heterocycles. The number of benzene rings is 3. The molecule has 60 heavy (non-hydrogen) atoms. The Morgan fingerprint density at radius 1 is 0.883 bits per heavy atom. The zero-order valence-corrected chi connectivity index (χ0v) is 33.5. The number of carboxylic acids is 1. The summed E-state index contributed by atoms with van der Waals surface area (Å²) < 4.78 is 31.7. The number of carboxylic acid groups (broad SMARTS) is 2. The Labute approximate surface area is 344 Å². The molecule has 1 saturated carbocycles. The predicted molar refractivity (Wildman–Crippen MR) is 216 cm³/mol. The fourth-order valence-corrected chi connectivity index (χ4v) is 6.68. The maximum absolute atomic E-state index is 13.8. The van der Waals surface area contributed by atoms with Gasteiger partial charge in [-0.05, 0) is 115 Å². The van der Waals surface area contributed by atoms with Crippen molar-refractivity contribution < 1.29 is 47.4 Å². The molecule has 0 spiro atoms. The summed E-state index contributed by atoms with van der Waals surface area (Å²) in [4.78, 5) is 62.4. The van der Waals surface area contributed by atoms with Gasteiger partial charge in [-0.2, -0.15) is 18.4 Å². The number of carbonyl (C=O) groups is 5. The van der Waals surface area contributed by atoms with Crippen molar-refractivity contribution in [1.29, 1.82) is 0 Å². The fourth-order valence-electron chi connectivity index (χ4n) is 6.68. The van der Waals surface area contributed by atoms with Crippen molar-refractivity contribution in [3.8, 4) is 22.5 Å². The number of halogens is 3. The van der Waals surface area contributed by atoms with E-state index in [1.165, 1.54) is 0 Å². The molecule has 1 fully saturated rings. The van der Waals surface area contributed by atoms with Gasteiger partial charge in [-0.25, -0.2) is 9.59 Å². The Morgan fingerprint density at radius 2 is 1.52 bits per heavy atom. The number of aliphatic carboxylic acids is 1. The number of alkyl halides is 3. The Hall–Kier alpha value is -6.37. The third-order valence-corrected chi connectivity index (χ3v) is 10.2. The highest BCUT2D eigenvalue weighted by molar-refractivity contribution is 5.98. The van der Waals surface area contributed by atoms with Gasteiger partial charge in [0.05, 0.1) is 0 Å². The molecule has 1 aliphatic carbocycles. The number of aromatic nitrogens is 4. The van der Waals surface area contributed by atoms with Crippen LogP contribution in [0.5, 0.6) is 0 Å². The third kappa shape index (κ3) is 14.2. The number of likely N-dealkylation sites (N-methyl/N-ethyl adjacent to an activating group) is 1. The van der Waals surface area contributed by atoms with E-state index >= 15 is 0 Å². The van der Waals surface area contributed by atoms with Gasteiger partial charge in [-0.15, -0.1) is 10.2 Å². The third-order valence-electron chi connectivity index (χ3n) is 10.2. The first kappa shape index (κ1) is 46.3. The number of aryl methyl sites for hydroxylation is 1. The van der Waals surface area contributed by atoms with E-state index in [4.69, 9.17) is 15.0 Å². The van der Waals surface area contributed by atoms with Crippen molar-refractivity contribution >= 4 is 35.5 Å². The molecule has 4 aromatic rings. The van der Waals surface area contributed by atoms with Crippen LogP contribution in [-0.4, -0.2) is 110 Å². The van der Waals surface area contributed by atoms with Gasteiger partial charge in [-0.3, -0.25) is 14.4 Å². The number of hydrogen-bond acceptors (Lipinski definition) is 9. The van der Waals surface area contributed by atoms with Crippen LogP contribution in [0, 0.1) is 18.8 Å². The Morgan fingerprint density at radius 3 is 2.08 bits per heavy atom. The van der Waals surface area contributed by atoms with E-state index in [0.717, 1.165) is 60.3 Å². The van der Waals surface area contributed by atoms with E-state index in [-0.39, 0.29) is 36.0 Å². The highest BCUT2D eigenvalue weighted by atomic mass is 19.4. The summed E-state index contributed by atoms with van der Waals surface area (Å²) in [5.41, 5.74) is 5.63. The number of tetrazole rings is 1. The first-order valence-electron chi connectivity index (χ1n) is 19.5. The summed E-state index contributed by atoms with van der Waals surface area (Å²) in [5.74, 6) is -3.08. The number of anilines is 1. The summed E-state index contributed by atoms with van der Waals surface area (Å²) in [6.07, 6.45) is -3.20. The highest BCUT2D eigenvalue weighted by Crippen LogP contribution is 2.29. The van der Waals surface area contributed by atoms with E-state index in [1.54, 1.807) is 24.3 Å². The Balaban J connectivity index is 0.00000104. The second-order valence-electron chi connectivity index (χ2n) is 14.3. The number of amides is 4. The first-order chi connectivity index (χ1) is 28.6. The molecule has 0 radical (unpaired) electrons. The molecule has 0 bridgehead atoms. The van der Waals surface area contributed by atoms with E-state index in [9.17, 15) is 32.3 Å². The molecule has 7 N–H and O–H groups in total. The fraction of sp³-hybridized carbons (Fsp3) is 0.415. The van der Waals surface area contributed by atoms with Gasteiger partial charge < -0.3 is 36.4 Å². The molecule has 4 amide bonds. The van der Waals surface area contributed by atoms with Crippen molar-refractivity contribution in [2.75, 3.05) is 38.0 Å². The van der Waals surface area contributed by atoms with Gasteiger partial charge in [-0.1, -0.05) is 44.2 Å².